The Hall–Kier alpha value is -1.38. The lowest BCUT2D eigenvalue weighted by molar-refractivity contribution is 0.174. The number of hydrogen-bond acceptors (Lipinski definition) is 1. The van der Waals surface area contributed by atoms with Gasteiger partial charge in [-0.25, -0.2) is 4.39 Å². The number of aliphatic hydroxyl groups is 1. The summed E-state index contributed by atoms with van der Waals surface area (Å²) >= 11 is 5.73. The molecule has 0 aromatic heterocycles. The summed E-state index contributed by atoms with van der Waals surface area (Å²) in [6, 6.07) is 13.0. The summed E-state index contributed by atoms with van der Waals surface area (Å²) in [5, 5.41) is 10.2. The van der Waals surface area contributed by atoms with Crippen LogP contribution >= 0.6 is 11.6 Å². The first-order chi connectivity index (χ1) is 9.60. The van der Waals surface area contributed by atoms with Crippen molar-refractivity contribution in [2.24, 2.45) is 0 Å². The van der Waals surface area contributed by atoms with Gasteiger partial charge in [-0.15, -0.1) is 0 Å². The normalized spacial score (nSPS) is 12.4. The van der Waals surface area contributed by atoms with Gasteiger partial charge in [0.15, 0.2) is 0 Å². The molecule has 2 aromatic rings. The van der Waals surface area contributed by atoms with Crippen molar-refractivity contribution in [1.82, 2.24) is 0 Å². The third-order valence-corrected chi connectivity index (χ3v) is 3.68. The lowest BCUT2D eigenvalue weighted by atomic mass is 10.00. The van der Waals surface area contributed by atoms with E-state index in [1.54, 1.807) is 12.1 Å². The summed E-state index contributed by atoms with van der Waals surface area (Å²) in [7, 11) is 0. The smallest absolute Gasteiger partial charge is 0.145 e. The van der Waals surface area contributed by atoms with Crippen molar-refractivity contribution in [2.45, 2.75) is 32.3 Å². The molecular weight excluding hydrogens is 275 g/mol. The number of rotatable bonds is 5. The second-order valence-electron chi connectivity index (χ2n) is 4.95. The fourth-order valence-electron chi connectivity index (χ4n) is 2.22. The van der Waals surface area contributed by atoms with Gasteiger partial charge < -0.3 is 5.11 Å². The van der Waals surface area contributed by atoms with E-state index in [-0.39, 0.29) is 11.4 Å². The topological polar surface area (TPSA) is 20.2 Å². The van der Waals surface area contributed by atoms with Gasteiger partial charge in [0, 0.05) is 6.42 Å². The van der Waals surface area contributed by atoms with Crippen molar-refractivity contribution in [3.05, 3.63) is 70.0 Å². The maximum absolute atomic E-state index is 13.8. The number of halogens is 2. The molecule has 0 spiro atoms. The highest BCUT2D eigenvalue weighted by molar-refractivity contribution is 6.30. The Kier molecular flexibility index (Phi) is 5.16. The molecule has 0 radical (unpaired) electrons. The maximum atomic E-state index is 13.8. The van der Waals surface area contributed by atoms with Crippen LogP contribution in [0.1, 0.15) is 23.6 Å². The van der Waals surface area contributed by atoms with E-state index in [4.69, 9.17) is 11.6 Å². The van der Waals surface area contributed by atoms with Crippen LogP contribution in [0.15, 0.2) is 42.5 Å². The first kappa shape index (κ1) is 15.0. The number of aryl methyl sites for hydroxylation is 1. The Bertz CT molecular complexity index is 566. The summed E-state index contributed by atoms with van der Waals surface area (Å²) < 4.78 is 13.8. The van der Waals surface area contributed by atoms with E-state index in [1.165, 1.54) is 11.6 Å². The molecule has 0 saturated heterocycles. The van der Waals surface area contributed by atoms with Gasteiger partial charge in [-0.2, -0.15) is 0 Å². The number of hydrogen-bond donors (Lipinski definition) is 1. The standard InChI is InChI=1S/C17H18ClFO/c1-2-12-6-8-13(9-7-12)10-15(20)11-14-4-3-5-16(18)17(14)19/h3-9,15,20H,2,10-11H2,1H3. The predicted octanol–water partition coefficient (Wildman–Crippen LogP) is 4.19. The quantitative estimate of drug-likeness (QED) is 0.876. The molecule has 0 heterocycles. The van der Waals surface area contributed by atoms with Gasteiger partial charge in [0.2, 0.25) is 0 Å². The first-order valence-electron chi connectivity index (χ1n) is 6.79. The molecule has 20 heavy (non-hydrogen) atoms. The van der Waals surface area contributed by atoms with Crippen molar-refractivity contribution >= 4 is 11.6 Å². The minimum absolute atomic E-state index is 0.0991. The Morgan fingerprint density at radius 1 is 1.05 bits per heavy atom. The van der Waals surface area contributed by atoms with Gasteiger partial charge >= 0.3 is 0 Å². The molecule has 1 atom stereocenters. The zero-order valence-corrected chi connectivity index (χ0v) is 12.2. The van der Waals surface area contributed by atoms with Crippen molar-refractivity contribution in [2.75, 3.05) is 0 Å². The summed E-state index contributed by atoms with van der Waals surface area (Å²) in [5.74, 6) is -0.436. The van der Waals surface area contributed by atoms with Crippen molar-refractivity contribution in [1.29, 1.82) is 0 Å². The van der Waals surface area contributed by atoms with Gasteiger partial charge in [0.1, 0.15) is 5.82 Å². The average molecular weight is 293 g/mol. The summed E-state index contributed by atoms with van der Waals surface area (Å²) in [5.41, 5.74) is 2.77. The summed E-state index contributed by atoms with van der Waals surface area (Å²) in [6.07, 6.45) is 1.16. The highest BCUT2D eigenvalue weighted by atomic mass is 35.5. The second-order valence-corrected chi connectivity index (χ2v) is 5.35. The fourth-order valence-corrected chi connectivity index (χ4v) is 2.41. The van der Waals surface area contributed by atoms with Crippen molar-refractivity contribution in [3.63, 3.8) is 0 Å². The highest BCUT2D eigenvalue weighted by Crippen LogP contribution is 2.20. The van der Waals surface area contributed by atoms with E-state index in [0.717, 1.165) is 12.0 Å². The SMILES string of the molecule is CCc1ccc(CC(O)Cc2cccc(Cl)c2F)cc1. The molecule has 2 aromatic carbocycles. The van der Waals surface area contributed by atoms with Crippen LogP contribution in [-0.4, -0.2) is 11.2 Å². The molecule has 1 N–H and O–H groups in total. The van der Waals surface area contributed by atoms with E-state index < -0.39 is 11.9 Å². The number of aliphatic hydroxyl groups excluding tert-OH is 1. The number of benzene rings is 2. The summed E-state index contributed by atoms with van der Waals surface area (Å²) in [4.78, 5) is 0. The largest absolute Gasteiger partial charge is 0.392 e. The molecule has 0 aliphatic heterocycles. The molecule has 106 valence electrons. The van der Waals surface area contributed by atoms with Crippen LogP contribution in [0.25, 0.3) is 0 Å². The molecular formula is C17H18ClFO. The average Bonchev–Trinajstić information content (AvgIpc) is 2.45. The Labute approximate surface area is 124 Å². The minimum atomic E-state index is -0.615. The lowest BCUT2D eigenvalue weighted by Crippen LogP contribution is -2.15. The predicted molar refractivity (Wildman–Crippen MR) is 80.6 cm³/mol. The van der Waals surface area contributed by atoms with Crippen LogP contribution in [0, 0.1) is 5.82 Å². The van der Waals surface area contributed by atoms with Crippen LogP contribution < -0.4 is 0 Å². The summed E-state index contributed by atoms with van der Waals surface area (Å²) in [6.45, 7) is 2.10. The molecule has 3 heteroatoms. The fraction of sp³-hybridized carbons (Fsp3) is 0.294. The van der Waals surface area contributed by atoms with Crippen LogP contribution in [0.4, 0.5) is 4.39 Å². The minimum Gasteiger partial charge on any atom is -0.392 e. The van der Waals surface area contributed by atoms with Gasteiger partial charge in [-0.05, 0) is 35.6 Å². The van der Waals surface area contributed by atoms with Gasteiger partial charge in [-0.1, -0.05) is 54.9 Å². The van der Waals surface area contributed by atoms with Gasteiger partial charge in [0.25, 0.3) is 0 Å². The van der Waals surface area contributed by atoms with E-state index in [0.29, 0.717) is 12.0 Å². The molecule has 0 aliphatic rings. The monoisotopic (exact) mass is 292 g/mol. The highest BCUT2D eigenvalue weighted by Gasteiger charge is 2.12. The Morgan fingerprint density at radius 3 is 2.35 bits per heavy atom. The van der Waals surface area contributed by atoms with E-state index in [9.17, 15) is 9.50 Å². The van der Waals surface area contributed by atoms with Crippen LogP contribution in [0.2, 0.25) is 5.02 Å². The second kappa shape index (κ2) is 6.87. The van der Waals surface area contributed by atoms with E-state index >= 15 is 0 Å². The molecule has 0 fully saturated rings. The van der Waals surface area contributed by atoms with Crippen LogP contribution in [0.3, 0.4) is 0 Å². The molecule has 0 amide bonds. The van der Waals surface area contributed by atoms with E-state index in [1.807, 2.05) is 12.1 Å². The van der Waals surface area contributed by atoms with E-state index in [2.05, 4.69) is 19.1 Å². The lowest BCUT2D eigenvalue weighted by Gasteiger charge is -2.12. The Morgan fingerprint density at radius 2 is 1.70 bits per heavy atom. The zero-order chi connectivity index (χ0) is 14.5. The van der Waals surface area contributed by atoms with Crippen molar-refractivity contribution < 1.29 is 9.50 Å². The third kappa shape index (κ3) is 3.81. The first-order valence-corrected chi connectivity index (χ1v) is 7.16. The maximum Gasteiger partial charge on any atom is 0.145 e. The van der Waals surface area contributed by atoms with Crippen LogP contribution in [-0.2, 0) is 19.3 Å². The van der Waals surface area contributed by atoms with Crippen LogP contribution in [0.5, 0.6) is 0 Å². The van der Waals surface area contributed by atoms with Gasteiger partial charge in [-0.3, -0.25) is 0 Å². The van der Waals surface area contributed by atoms with Crippen molar-refractivity contribution in [3.8, 4) is 0 Å². The molecule has 2 rings (SSSR count). The molecule has 0 bridgehead atoms. The molecule has 1 nitrogen and oxygen atoms in total. The third-order valence-electron chi connectivity index (χ3n) is 3.39. The molecule has 1 unspecified atom stereocenters. The van der Waals surface area contributed by atoms with Gasteiger partial charge in [0.05, 0.1) is 11.1 Å². The Balaban J connectivity index is 2.01. The molecule has 0 saturated carbocycles. The zero-order valence-electron chi connectivity index (χ0n) is 11.4. The molecule has 0 aliphatic carbocycles.